The van der Waals surface area contributed by atoms with Crippen molar-refractivity contribution in [2.75, 3.05) is 12.4 Å². The molecular weight excluding hydrogens is 342 g/mol. The van der Waals surface area contributed by atoms with Crippen LogP contribution in [0.3, 0.4) is 0 Å². The van der Waals surface area contributed by atoms with E-state index in [0.717, 1.165) is 23.4 Å². The molecule has 2 N–H and O–H groups in total. The molecule has 0 unspecified atom stereocenters. The average molecular weight is 367 g/mol. The highest BCUT2D eigenvalue weighted by Crippen LogP contribution is 2.31. The molecule has 5 nitrogen and oxygen atoms in total. The van der Waals surface area contributed by atoms with Gasteiger partial charge in [0.2, 0.25) is 5.91 Å². The summed E-state index contributed by atoms with van der Waals surface area (Å²) in [6.45, 7) is 0. The lowest BCUT2D eigenvalue weighted by atomic mass is 9.81. The highest BCUT2D eigenvalue weighted by Gasteiger charge is 2.29. The Morgan fingerprint density at radius 1 is 1.04 bits per heavy atom. The average Bonchev–Trinajstić information content (AvgIpc) is 2.69. The molecule has 2 aromatic rings. The van der Waals surface area contributed by atoms with Crippen LogP contribution >= 0.6 is 0 Å². The topological polar surface area (TPSA) is 75.6 Å². The Labute approximate surface area is 159 Å². The summed E-state index contributed by atoms with van der Waals surface area (Å²) in [6, 6.07) is 15.8. The number of carboxylic acids is 1. The number of hydrogen-bond donors (Lipinski definition) is 2. The largest absolute Gasteiger partial charge is 0.496 e. The molecule has 2 aromatic carbocycles. The lowest BCUT2D eigenvalue weighted by molar-refractivity contribution is -0.143. The number of carbonyl (C=O) groups is 2. The summed E-state index contributed by atoms with van der Waals surface area (Å²) >= 11 is 0. The fraction of sp³-hybridized carbons (Fsp3) is 0.364. The number of carboxylic acid groups (broad SMARTS) is 1. The van der Waals surface area contributed by atoms with Crippen LogP contribution in [0, 0.1) is 11.8 Å². The third-order valence-corrected chi connectivity index (χ3v) is 5.23. The van der Waals surface area contributed by atoms with E-state index >= 15 is 0 Å². The predicted octanol–water partition coefficient (Wildman–Crippen LogP) is 4.12. The van der Waals surface area contributed by atoms with Crippen LogP contribution in [0.1, 0.15) is 36.8 Å². The molecular formula is C22H25NO4. The van der Waals surface area contributed by atoms with Gasteiger partial charge < -0.3 is 15.2 Å². The Bertz CT molecular complexity index is 795. The first-order valence-corrected chi connectivity index (χ1v) is 9.31. The molecule has 3 rings (SSSR count). The Hall–Kier alpha value is -2.82. The smallest absolute Gasteiger partial charge is 0.306 e. The molecule has 0 saturated heterocycles. The Morgan fingerprint density at radius 3 is 2.33 bits per heavy atom. The molecule has 0 aliphatic heterocycles. The van der Waals surface area contributed by atoms with Crippen LogP contribution in [0.5, 0.6) is 5.75 Å². The standard InChI is InChI=1S/C22H25NO4/c1-27-20-12-11-19(14-18(20)13-15-5-3-2-4-6-15)23-21(24)16-7-9-17(10-8-16)22(25)26/h2-6,11-12,14,16-17H,7-10,13H2,1H3,(H,23,24)(H,25,26). The third kappa shape index (κ3) is 4.88. The van der Waals surface area contributed by atoms with Crippen molar-refractivity contribution in [3.8, 4) is 5.75 Å². The molecule has 0 radical (unpaired) electrons. The second-order valence-corrected chi connectivity index (χ2v) is 7.07. The molecule has 1 aliphatic carbocycles. The van der Waals surface area contributed by atoms with Crippen molar-refractivity contribution in [1.29, 1.82) is 0 Å². The van der Waals surface area contributed by atoms with Crippen LogP contribution in [-0.4, -0.2) is 24.1 Å². The Kier molecular flexibility index (Phi) is 6.12. The molecule has 0 aromatic heterocycles. The molecule has 27 heavy (non-hydrogen) atoms. The van der Waals surface area contributed by atoms with E-state index in [2.05, 4.69) is 17.4 Å². The number of anilines is 1. The molecule has 1 saturated carbocycles. The van der Waals surface area contributed by atoms with Gasteiger partial charge in [-0.15, -0.1) is 0 Å². The summed E-state index contributed by atoms with van der Waals surface area (Å²) < 4.78 is 5.46. The number of ether oxygens (including phenoxy) is 1. The summed E-state index contributed by atoms with van der Waals surface area (Å²) in [7, 11) is 1.64. The normalized spacial score (nSPS) is 19.3. The molecule has 1 fully saturated rings. The van der Waals surface area contributed by atoms with Gasteiger partial charge in [-0.2, -0.15) is 0 Å². The van der Waals surface area contributed by atoms with Gasteiger partial charge in [0.15, 0.2) is 0 Å². The first-order chi connectivity index (χ1) is 13.1. The third-order valence-electron chi connectivity index (χ3n) is 5.23. The summed E-state index contributed by atoms with van der Waals surface area (Å²) in [5.41, 5.74) is 2.93. The summed E-state index contributed by atoms with van der Waals surface area (Å²) in [4.78, 5) is 23.6. The van der Waals surface area contributed by atoms with E-state index in [-0.39, 0.29) is 17.7 Å². The van der Waals surface area contributed by atoms with Crippen molar-refractivity contribution in [3.63, 3.8) is 0 Å². The van der Waals surface area contributed by atoms with Crippen LogP contribution in [0.15, 0.2) is 48.5 Å². The van der Waals surface area contributed by atoms with E-state index in [1.165, 1.54) is 5.56 Å². The monoisotopic (exact) mass is 367 g/mol. The highest BCUT2D eigenvalue weighted by atomic mass is 16.5. The number of methoxy groups -OCH3 is 1. The summed E-state index contributed by atoms with van der Waals surface area (Å²) in [5, 5.41) is 12.1. The van der Waals surface area contributed by atoms with Crippen LogP contribution in [0.4, 0.5) is 5.69 Å². The SMILES string of the molecule is COc1ccc(NC(=O)C2CCC(C(=O)O)CC2)cc1Cc1ccccc1. The van der Waals surface area contributed by atoms with Crippen LogP contribution in [-0.2, 0) is 16.0 Å². The Morgan fingerprint density at radius 2 is 1.70 bits per heavy atom. The second-order valence-electron chi connectivity index (χ2n) is 7.07. The van der Waals surface area contributed by atoms with Gasteiger partial charge >= 0.3 is 5.97 Å². The first-order valence-electron chi connectivity index (χ1n) is 9.31. The number of nitrogens with one attached hydrogen (secondary N) is 1. The van der Waals surface area contributed by atoms with Crippen LogP contribution in [0.2, 0.25) is 0 Å². The molecule has 0 bridgehead atoms. The minimum absolute atomic E-state index is 0.0327. The van der Waals surface area contributed by atoms with Crippen LogP contribution < -0.4 is 10.1 Å². The van der Waals surface area contributed by atoms with Gasteiger partial charge in [-0.1, -0.05) is 30.3 Å². The van der Waals surface area contributed by atoms with E-state index in [9.17, 15) is 9.59 Å². The van der Waals surface area contributed by atoms with Crippen molar-refractivity contribution in [2.24, 2.45) is 11.8 Å². The molecule has 1 amide bonds. The van der Waals surface area contributed by atoms with E-state index in [0.29, 0.717) is 25.7 Å². The zero-order valence-electron chi connectivity index (χ0n) is 15.5. The summed E-state index contributed by atoms with van der Waals surface area (Å²) in [5.74, 6) is -0.434. The lowest BCUT2D eigenvalue weighted by Gasteiger charge is -2.25. The predicted molar refractivity (Wildman–Crippen MR) is 104 cm³/mol. The van der Waals surface area contributed by atoms with Crippen molar-refractivity contribution < 1.29 is 19.4 Å². The first kappa shape index (κ1) is 19.0. The summed E-state index contributed by atoms with van der Waals surface area (Å²) in [6.07, 6.45) is 3.09. The van der Waals surface area contributed by atoms with E-state index in [4.69, 9.17) is 9.84 Å². The van der Waals surface area contributed by atoms with Gasteiger partial charge in [0.1, 0.15) is 5.75 Å². The Balaban J connectivity index is 1.67. The van der Waals surface area contributed by atoms with Gasteiger partial charge in [-0.05, 0) is 49.4 Å². The minimum Gasteiger partial charge on any atom is -0.496 e. The molecule has 0 atom stereocenters. The quantitative estimate of drug-likeness (QED) is 0.805. The van der Waals surface area contributed by atoms with Crippen LogP contribution in [0.25, 0.3) is 0 Å². The highest BCUT2D eigenvalue weighted by molar-refractivity contribution is 5.93. The minimum atomic E-state index is -0.755. The lowest BCUT2D eigenvalue weighted by Crippen LogP contribution is -2.29. The molecule has 1 aliphatic rings. The van der Waals surface area contributed by atoms with Gasteiger partial charge in [0.05, 0.1) is 13.0 Å². The second kappa shape index (κ2) is 8.71. The number of benzene rings is 2. The van der Waals surface area contributed by atoms with Gasteiger partial charge in [0.25, 0.3) is 0 Å². The molecule has 142 valence electrons. The fourth-order valence-corrected chi connectivity index (χ4v) is 3.66. The van der Waals surface area contributed by atoms with Crippen molar-refractivity contribution in [2.45, 2.75) is 32.1 Å². The van der Waals surface area contributed by atoms with E-state index in [1.807, 2.05) is 36.4 Å². The van der Waals surface area contributed by atoms with Crippen molar-refractivity contribution in [1.82, 2.24) is 0 Å². The zero-order valence-corrected chi connectivity index (χ0v) is 15.5. The zero-order chi connectivity index (χ0) is 19.2. The van der Waals surface area contributed by atoms with Gasteiger partial charge in [-0.25, -0.2) is 0 Å². The number of aliphatic carboxylic acids is 1. The molecule has 5 heteroatoms. The van der Waals surface area contributed by atoms with E-state index < -0.39 is 5.97 Å². The van der Waals surface area contributed by atoms with Crippen molar-refractivity contribution in [3.05, 3.63) is 59.7 Å². The maximum Gasteiger partial charge on any atom is 0.306 e. The van der Waals surface area contributed by atoms with Crippen molar-refractivity contribution >= 4 is 17.6 Å². The number of amides is 1. The fourth-order valence-electron chi connectivity index (χ4n) is 3.66. The maximum absolute atomic E-state index is 12.6. The number of rotatable bonds is 6. The van der Waals surface area contributed by atoms with E-state index in [1.54, 1.807) is 7.11 Å². The van der Waals surface area contributed by atoms with Gasteiger partial charge in [0, 0.05) is 23.6 Å². The van der Waals surface area contributed by atoms with Gasteiger partial charge in [-0.3, -0.25) is 9.59 Å². The maximum atomic E-state index is 12.6. The number of hydrogen-bond acceptors (Lipinski definition) is 3. The molecule has 0 spiro atoms. The molecule has 0 heterocycles. The number of carbonyl (C=O) groups excluding carboxylic acids is 1.